The summed E-state index contributed by atoms with van der Waals surface area (Å²) in [7, 11) is 1.44. The molecule has 0 unspecified atom stereocenters. The van der Waals surface area contributed by atoms with Gasteiger partial charge in [-0.05, 0) is 24.3 Å². The van der Waals surface area contributed by atoms with E-state index >= 15 is 0 Å². The smallest absolute Gasteiger partial charge is 0.106 e. The highest BCUT2D eigenvalue weighted by molar-refractivity contribution is 7.12. The molecule has 1 aromatic rings. The molecule has 0 aliphatic heterocycles. The molecule has 0 aromatic carbocycles. The van der Waals surface area contributed by atoms with E-state index in [9.17, 15) is 9.90 Å². The molecule has 1 aromatic heterocycles. The minimum absolute atomic E-state index is 0.0416. The van der Waals surface area contributed by atoms with Gasteiger partial charge in [0.15, 0.2) is 0 Å². The zero-order valence-corrected chi connectivity index (χ0v) is 8.54. The largest absolute Gasteiger partial charge is 0.550 e. The van der Waals surface area contributed by atoms with Crippen LogP contribution in [0.4, 0.5) is 0 Å². The maximum Gasteiger partial charge on any atom is 0.106 e. The Hall–Kier alpha value is -1.36. The van der Waals surface area contributed by atoms with Gasteiger partial charge in [-0.1, -0.05) is 11.2 Å². The molecule has 1 rings (SSSR count). The van der Waals surface area contributed by atoms with Crippen molar-refractivity contribution in [1.29, 1.82) is 0 Å². The van der Waals surface area contributed by atoms with E-state index in [4.69, 9.17) is 0 Å². The number of carboxylic acid groups (broad SMARTS) is 1. The van der Waals surface area contributed by atoms with Crippen molar-refractivity contribution in [3.63, 3.8) is 0 Å². The predicted molar refractivity (Wildman–Crippen MR) is 52.1 cm³/mol. The van der Waals surface area contributed by atoms with Gasteiger partial charge in [-0.15, -0.1) is 11.3 Å². The molecule has 1 heterocycles. The molecule has 5 heteroatoms. The number of rotatable bonds is 5. The summed E-state index contributed by atoms with van der Waals surface area (Å²) in [6.45, 7) is 0. The van der Waals surface area contributed by atoms with Crippen molar-refractivity contribution in [3.8, 4) is 0 Å². The first-order valence-corrected chi connectivity index (χ1v) is 4.95. The van der Waals surface area contributed by atoms with Gasteiger partial charge < -0.3 is 14.7 Å². The summed E-state index contributed by atoms with van der Waals surface area (Å²) >= 11 is 1.50. The summed E-state index contributed by atoms with van der Waals surface area (Å²) in [4.78, 5) is 15.8. The lowest BCUT2D eigenvalue weighted by Gasteiger charge is -2.03. The molecular weight excluding hydrogens is 202 g/mol. The molecule has 0 fully saturated rings. The van der Waals surface area contributed by atoms with Gasteiger partial charge >= 0.3 is 0 Å². The number of hydrogen-bond acceptors (Lipinski definition) is 5. The monoisotopic (exact) mass is 212 g/mol. The van der Waals surface area contributed by atoms with E-state index in [1.807, 2.05) is 17.5 Å². The Kier molecular flexibility index (Phi) is 4.12. The molecule has 0 saturated heterocycles. The second-order valence-electron chi connectivity index (χ2n) is 2.57. The Morgan fingerprint density at radius 1 is 1.64 bits per heavy atom. The summed E-state index contributed by atoms with van der Waals surface area (Å²) in [5.41, 5.74) is 0.645. The van der Waals surface area contributed by atoms with Crippen molar-refractivity contribution in [3.05, 3.63) is 22.4 Å². The number of oxime groups is 1. The number of nitrogens with zero attached hydrogens (tertiary/aromatic N) is 1. The van der Waals surface area contributed by atoms with Gasteiger partial charge in [0.1, 0.15) is 7.11 Å². The molecule has 4 nitrogen and oxygen atoms in total. The Balaban J connectivity index is 2.66. The number of aliphatic carboxylic acids is 1. The van der Waals surface area contributed by atoms with Gasteiger partial charge in [-0.3, -0.25) is 0 Å². The second kappa shape index (κ2) is 5.39. The standard InChI is InChI=1S/C9H11NO3S/c1-13-10-7(4-5-9(11)12)8-3-2-6-14-8/h2-3,6H,4-5H2,1H3,(H,11,12)/p-1/b10-7-. The van der Waals surface area contributed by atoms with Crippen molar-refractivity contribution in [2.75, 3.05) is 7.11 Å². The molecule has 0 radical (unpaired) electrons. The fourth-order valence-corrected chi connectivity index (χ4v) is 1.72. The fraction of sp³-hybridized carbons (Fsp3) is 0.333. The maximum absolute atomic E-state index is 10.3. The topological polar surface area (TPSA) is 61.7 Å². The third-order valence-corrected chi connectivity index (χ3v) is 2.49. The molecule has 0 aliphatic rings. The van der Waals surface area contributed by atoms with Crippen LogP contribution in [0.5, 0.6) is 0 Å². The van der Waals surface area contributed by atoms with Crippen LogP contribution in [-0.2, 0) is 9.63 Å². The van der Waals surface area contributed by atoms with E-state index in [1.54, 1.807) is 0 Å². The third-order valence-electron chi connectivity index (χ3n) is 1.57. The average Bonchev–Trinajstić information content (AvgIpc) is 2.64. The molecule has 76 valence electrons. The second-order valence-corrected chi connectivity index (χ2v) is 3.52. The van der Waals surface area contributed by atoms with Gasteiger partial charge in [0.05, 0.1) is 10.6 Å². The van der Waals surface area contributed by atoms with E-state index < -0.39 is 5.97 Å². The SMILES string of the molecule is CO/N=C(/CCC(=O)[O-])c1cccs1. The van der Waals surface area contributed by atoms with Gasteiger partial charge in [-0.25, -0.2) is 0 Å². The summed E-state index contributed by atoms with van der Waals surface area (Å²) in [5, 5.41) is 16.0. The molecule has 0 spiro atoms. The Morgan fingerprint density at radius 2 is 2.43 bits per heavy atom. The van der Waals surface area contributed by atoms with Crippen molar-refractivity contribution in [2.24, 2.45) is 5.16 Å². The molecule has 0 N–H and O–H groups in total. The highest BCUT2D eigenvalue weighted by Gasteiger charge is 2.05. The van der Waals surface area contributed by atoms with Crippen LogP contribution < -0.4 is 5.11 Å². The number of carboxylic acids is 1. The van der Waals surface area contributed by atoms with Gasteiger partial charge in [-0.2, -0.15) is 0 Å². The third kappa shape index (κ3) is 3.18. The van der Waals surface area contributed by atoms with Crippen LogP contribution in [0, 0.1) is 0 Å². The van der Waals surface area contributed by atoms with Crippen LogP contribution in [0.15, 0.2) is 22.7 Å². The Bertz CT molecular complexity index is 319. The number of carbonyl (C=O) groups is 1. The van der Waals surface area contributed by atoms with Gasteiger partial charge in [0.25, 0.3) is 0 Å². The van der Waals surface area contributed by atoms with Crippen LogP contribution >= 0.6 is 11.3 Å². The van der Waals surface area contributed by atoms with E-state index in [2.05, 4.69) is 9.99 Å². The summed E-state index contributed by atoms with van der Waals surface area (Å²) in [6.07, 6.45) is 0.288. The van der Waals surface area contributed by atoms with Gasteiger partial charge in [0.2, 0.25) is 0 Å². The first-order chi connectivity index (χ1) is 6.74. The fourth-order valence-electron chi connectivity index (χ4n) is 0.987. The van der Waals surface area contributed by atoms with Crippen molar-refractivity contribution >= 4 is 23.0 Å². The predicted octanol–water partition coefficient (Wildman–Crippen LogP) is 0.629. The minimum atomic E-state index is -1.08. The zero-order valence-electron chi connectivity index (χ0n) is 7.73. The molecule has 0 amide bonds. The lowest BCUT2D eigenvalue weighted by atomic mass is 10.2. The van der Waals surface area contributed by atoms with Crippen molar-refractivity contribution in [1.82, 2.24) is 0 Å². The van der Waals surface area contributed by atoms with Crippen LogP contribution in [0.25, 0.3) is 0 Å². The van der Waals surface area contributed by atoms with E-state index in [1.165, 1.54) is 18.4 Å². The molecule has 14 heavy (non-hydrogen) atoms. The number of hydrogen-bond donors (Lipinski definition) is 0. The lowest BCUT2D eigenvalue weighted by molar-refractivity contribution is -0.305. The Labute approximate surface area is 85.8 Å². The number of thiophene rings is 1. The molecule has 0 bridgehead atoms. The summed E-state index contributed by atoms with van der Waals surface area (Å²) in [6, 6.07) is 3.75. The quantitative estimate of drug-likeness (QED) is 0.531. The van der Waals surface area contributed by atoms with E-state index in [0.29, 0.717) is 12.1 Å². The molecule has 0 saturated carbocycles. The number of carbonyl (C=O) groups excluding carboxylic acids is 1. The summed E-state index contributed by atoms with van der Waals surface area (Å²) < 4.78 is 0. The normalized spacial score (nSPS) is 11.4. The van der Waals surface area contributed by atoms with Crippen LogP contribution in [0.1, 0.15) is 17.7 Å². The van der Waals surface area contributed by atoms with Crippen molar-refractivity contribution in [2.45, 2.75) is 12.8 Å². The molecular formula is C9H10NO3S-. The lowest BCUT2D eigenvalue weighted by Crippen LogP contribution is -2.22. The maximum atomic E-state index is 10.3. The Morgan fingerprint density at radius 3 is 2.93 bits per heavy atom. The molecule has 0 atom stereocenters. The minimum Gasteiger partial charge on any atom is -0.550 e. The van der Waals surface area contributed by atoms with Crippen LogP contribution in [-0.4, -0.2) is 18.8 Å². The first kappa shape index (κ1) is 10.7. The van der Waals surface area contributed by atoms with Crippen molar-refractivity contribution < 1.29 is 14.7 Å². The van der Waals surface area contributed by atoms with E-state index in [-0.39, 0.29) is 6.42 Å². The zero-order chi connectivity index (χ0) is 10.4. The van der Waals surface area contributed by atoms with Crippen LogP contribution in [0.3, 0.4) is 0 Å². The highest BCUT2D eigenvalue weighted by Crippen LogP contribution is 2.13. The summed E-state index contributed by atoms with van der Waals surface area (Å²) in [5.74, 6) is -1.08. The van der Waals surface area contributed by atoms with Gasteiger partial charge in [0, 0.05) is 5.97 Å². The first-order valence-electron chi connectivity index (χ1n) is 4.07. The van der Waals surface area contributed by atoms with Crippen LogP contribution in [0.2, 0.25) is 0 Å². The average molecular weight is 212 g/mol. The highest BCUT2D eigenvalue weighted by atomic mass is 32.1. The van der Waals surface area contributed by atoms with E-state index in [0.717, 1.165) is 4.88 Å². The molecule has 0 aliphatic carbocycles.